The number of nitrogens with zero attached hydrogens (tertiary/aromatic N) is 3. The molecule has 0 radical (unpaired) electrons. The molecular formula is C16H19ClN4O. The maximum atomic E-state index is 12.0. The van der Waals surface area contributed by atoms with E-state index in [1.807, 2.05) is 24.3 Å². The smallest absolute Gasteiger partial charge is 0.242 e. The number of carbonyl (C=O) groups is 1. The van der Waals surface area contributed by atoms with Crippen molar-refractivity contribution < 1.29 is 4.79 Å². The number of hydrogen-bond acceptors (Lipinski definition) is 4. The van der Waals surface area contributed by atoms with Crippen LogP contribution in [0.2, 0.25) is 0 Å². The summed E-state index contributed by atoms with van der Waals surface area (Å²) in [6.07, 6.45) is 2.52. The first-order valence-corrected chi connectivity index (χ1v) is 7.09. The highest BCUT2D eigenvalue weighted by Gasteiger charge is 2.25. The van der Waals surface area contributed by atoms with Gasteiger partial charge < -0.3 is 0 Å². The predicted octanol–water partition coefficient (Wildman–Crippen LogP) is 3.60. The number of amidine groups is 1. The Morgan fingerprint density at radius 1 is 1.32 bits per heavy atom. The topological polar surface area (TPSA) is 57.6 Å². The monoisotopic (exact) mass is 318 g/mol. The van der Waals surface area contributed by atoms with Gasteiger partial charge in [-0.05, 0) is 12.0 Å². The standard InChI is InChI=1S/C16H18N4O.ClH/c1-10(2)8-15-18-14-9-17-13-7-5-4-6-12(13)16(14)20(19-15)11(3)21;/h4-7,9-10H,8H2,1-3H3,(H,18,19);1H. The lowest BCUT2D eigenvalue weighted by atomic mass is 10.1. The number of benzene rings is 1. The fourth-order valence-corrected chi connectivity index (χ4v) is 2.50. The summed E-state index contributed by atoms with van der Waals surface area (Å²) in [6, 6.07) is 7.77. The average molecular weight is 319 g/mol. The molecule has 0 aliphatic carbocycles. The molecule has 116 valence electrons. The number of rotatable bonds is 2. The minimum Gasteiger partial charge on any atom is -0.278 e. The van der Waals surface area contributed by atoms with Crippen LogP contribution in [0, 0.1) is 5.92 Å². The van der Waals surface area contributed by atoms with Gasteiger partial charge in [0.15, 0.2) is 0 Å². The third kappa shape index (κ3) is 2.90. The Morgan fingerprint density at radius 2 is 2.05 bits per heavy atom. The summed E-state index contributed by atoms with van der Waals surface area (Å²) in [7, 11) is 0. The van der Waals surface area contributed by atoms with Crippen LogP contribution in [0.4, 0.5) is 11.4 Å². The summed E-state index contributed by atoms with van der Waals surface area (Å²) in [5, 5.41) is 2.49. The number of amides is 1. The van der Waals surface area contributed by atoms with Crippen LogP contribution in [-0.2, 0) is 4.79 Å². The first kappa shape index (κ1) is 16.2. The SMILES string of the molecule is CC(=O)N1NC(CC(C)C)=Nc2cnc3ccccc3c21.Cl. The number of pyridine rings is 1. The summed E-state index contributed by atoms with van der Waals surface area (Å²) in [5.74, 6) is 1.19. The minimum absolute atomic E-state index is 0. The Balaban J connectivity index is 0.00000176. The van der Waals surface area contributed by atoms with Crippen LogP contribution in [0.3, 0.4) is 0 Å². The number of halogens is 1. The predicted molar refractivity (Wildman–Crippen MR) is 91.8 cm³/mol. The van der Waals surface area contributed by atoms with E-state index in [-0.39, 0.29) is 18.3 Å². The zero-order valence-electron chi connectivity index (χ0n) is 12.8. The van der Waals surface area contributed by atoms with Gasteiger partial charge in [-0.2, -0.15) is 0 Å². The Morgan fingerprint density at radius 3 is 2.73 bits per heavy atom. The van der Waals surface area contributed by atoms with E-state index in [2.05, 4.69) is 29.2 Å². The van der Waals surface area contributed by atoms with Crippen molar-refractivity contribution >= 4 is 46.4 Å². The Labute approximate surface area is 135 Å². The van der Waals surface area contributed by atoms with Gasteiger partial charge in [0.1, 0.15) is 17.2 Å². The van der Waals surface area contributed by atoms with Crippen LogP contribution in [-0.4, -0.2) is 16.7 Å². The highest BCUT2D eigenvalue weighted by molar-refractivity contribution is 6.10. The second-order valence-electron chi connectivity index (χ2n) is 5.63. The highest BCUT2D eigenvalue weighted by atomic mass is 35.5. The van der Waals surface area contributed by atoms with Gasteiger partial charge in [0.05, 0.1) is 11.7 Å². The van der Waals surface area contributed by atoms with Crippen LogP contribution in [0.5, 0.6) is 0 Å². The van der Waals surface area contributed by atoms with E-state index in [0.29, 0.717) is 5.92 Å². The van der Waals surface area contributed by atoms with Crippen LogP contribution < -0.4 is 10.4 Å². The molecular weight excluding hydrogens is 300 g/mol. The maximum absolute atomic E-state index is 12.0. The van der Waals surface area contributed by atoms with E-state index < -0.39 is 0 Å². The molecule has 0 unspecified atom stereocenters. The van der Waals surface area contributed by atoms with E-state index in [1.165, 1.54) is 0 Å². The van der Waals surface area contributed by atoms with E-state index in [9.17, 15) is 4.79 Å². The summed E-state index contributed by atoms with van der Waals surface area (Å²) >= 11 is 0. The molecule has 0 spiro atoms. The number of aromatic nitrogens is 1. The van der Waals surface area contributed by atoms with Gasteiger partial charge in [0, 0.05) is 18.7 Å². The van der Waals surface area contributed by atoms with Crippen LogP contribution in [0.25, 0.3) is 10.9 Å². The molecule has 0 saturated heterocycles. The fourth-order valence-electron chi connectivity index (χ4n) is 2.50. The zero-order chi connectivity index (χ0) is 15.0. The largest absolute Gasteiger partial charge is 0.278 e. The number of anilines is 1. The molecule has 0 saturated carbocycles. The first-order valence-electron chi connectivity index (χ1n) is 7.09. The average Bonchev–Trinajstić information content (AvgIpc) is 2.45. The third-order valence-corrected chi connectivity index (χ3v) is 3.36. The van der Waals surface area contributed by atoms with Gasteiger partial charge in [0.2, 0.25) is 5.91 Å². The normalized spacial score (nSPS) is 13.3. The van der Waals surface area contributed by atoms with Crippen LogP contribution in [0.15, 0.2) is 35.5 Å². The lowest BCUT2D eigenvalue weighted by molar-refractivity contribution is -0.117. The van der Waals surface area contributed by atoms with Crippen LogP contribution in [0.1, 0.15) is 27.2 Å². The molecule has 0 atom stereocenters. The number of hydrazine groups is 1. The molecule has 1 aliphatic heterocycles. The van der Waals surface area contributed by atoms with Crippen molar-refractivity contribution in [3.8, 4) is 0 Å². The molecule has 2 aromatic rings. The van der Waals surface area contributed by atoms with E-state index in [0.717, 1.165) is 34.5 Å². The molecule has 0 bridgehead atoms. The summed E-state index contributed by atoms with van der Waals surface area (Å²) in [4.78, 5) is 21.1. The first-order chi connectivity index (χ1) is 10.1. The lowest BCUT2D eigenvalue weighted by Gasteiger charge is -2.30. The van der Waals surface area contributed by atoms with Gasteiger partial charge in [-0.1, -0.05) is 32.0 Å². The Bertz CT molecular complexity index is 742. The van der Waals surface area contributed by atoms with E-state index in [1.54, 1.807) is 18.1 Å². The van der Waals surface area contributed by atoms with Crippen molar-refractivity contribution in [1.82, 2.24) is 10.4 Å². The summed E-state index contributed by atoms with van der Waals surface area (Å²) in [5.41, 5.74) is 5.50. The Hall–Kier alpha value is -2.14. The molecule has 6 heteroatoms. The van der Waals surface area contributed by atoms with E-state index >= 15 is 0 Å². The maximum Gasteiger partial charge on any atom is 0.242 e. The van der Waals surface area contributed by atoms with Crippen molar-refractivity contribution in [2.45, 2.75) is 27.2 Å². The third-order valence-electron chi connectivity index (χ3n) is 3.36. The number of fused-ring (bicyclic) bond motifs is 3. The van der Waals surface area contributed by atoms with Gasteiger partial charge in [0.25, 0.3) is 0 Å². The summed E-state index contributed by atoms with van der Waals surface area (Å²) < 4.78 is 0. The molecule has 1 amide bonds. The van der Waals surface area contributed by atoms with Crippen LogP contribution >= 0.6 is 12.4 Å². The number of hydrogen-bond donors (Lipinski definition) is 1. The van der Waals surface area contributed by atoms with Crippen molar-refractivity contribution in [3.63, 3.8) is 0 Å². The quantitative estimate of drug-likeness (QED) is 0.920. The molecule has 22 heavy (non-hydrogen) atoms. The molecule has 1 N–H and O–H groups in total. The minimum atomic E-state index is -0.0660. The summed E-state index contributed by atoms with van der Waals surface area (Å²) in [6.45, 7) is 5.79. The van der Waals surface area contributed by atoms with Crippen molar-refractivity contribution in [2.24, 2.45) is 10.9 Å². The van der Waals surface area contributed by atoms with Gasteiger partial charge in [-0.3, -0.25) is 15.2 Å². The molecule has 5 nitrogen and oxygen atoms in total. The number of para-hydroxylation sites is 1. The highest BCUT2D eigenvalue weighted by Crippen LogP contribution is 2.37. The second kappa shape index (κ2) is 6.32. The number of carbonyl (C=O) groups excluding carboxylic acids is 1. The number of nitrogens with one attached hydrogen (secondary N) is 1. The van der Waals surface area contributed by atoms with Gasteiger partial charge in [-0.15, -0.1) is 12.4 Å². The van der Waals surface area contributed by atoms with Crippen molar-refractivity contribution in [2.75, 3.05) is 5.01 Å². The second-order valence-corrected chi connectivity index (χ2v) is 5.63. The molecule has 0 fully saturated rings. The van der Waals surface area contributed by atoms with Crippen molar-refractivity contribution in [1.29, 1.82) is 0 Å². The molecule has 1 aliphatic rings. The number of aliphatic imine (C=N–C) groups is 1. The van der Waals surface area contributed by atoms with Gasteiger partial charge >= 0.3 is 0 Å². The zero-order valence-corrected chi connectivity index (χ0v) is 13.6. The lowest BCUT2D eigenvalue weighted by Crippen LogP contribution is -2.47. The molecule has 3 rings (SSSR count). The van der Waals surface area contributed by atoms with Crippen molar-refractivity contribution in [3.05, 3.63) is 30.5 Å². The molecule has 2 heterocycles. The van der Waals surface area contributed by atoms with E-state index in [4.69, 9.17) is 0 Å². The Kier molecular flexibility index (Phi) is 4.66. The molecule has 1 aromatic heterocycles. The van der Waals surface area contributed by atoms with Gasteiger partial charge in [-0.25, -0.2) is 10.0 Å². The molecule has 1 aromatic carbocycles. The fraction of sp³-hybridized carbons (Fsp3) is 0.312.